The van der Waals surface area contributed by atoms with Gasteiger partial charge in [0.05, 0.1) is 11.4 Å². The van der Waals surface area contributed by atoms with Gasteiger partial charge in [-0.15, -0.1) is 0 Å². The third-order valence-electron chi connectivity index (χ3n) is 5.18. The van der Waals surface area contributed by atoms with Gasteiger partial charge in [-0.25, -0.2) is 0 Å². The lowest BCUT2D eigenvalue weighted by atomic mass is 10.1. The lowest BCUT2D eigenvalue weighted by Gasteiger charge is -2.13. The summed E-state index contributed by atoms with van der Waals surface area (Å²) in [6, 6.07) is 19.3. The molecule has 0 bridgehead atoms. The number of para-hydroxylation sites is 1. The van der Waals surface area contributed by atoms with E-state index in [1.807, 2.05) is 13.0 Å². The van der Waals surface area contributed by atoms with Gasteiger partial charge in [-0.3, -0.25) is 19.3 Å². The molecule has 1 fully saturated rings. The first-order valence-electron chi connectivity index (χ1n) is 10.6. The number of benzene rings is 3. The van der Waals surface area contributed by atoms with Crippen molar-refractivity contribution in [2.24, 2.45) is 0 Å². The molecule has 6 nitrogen and oxygen atoms in total. The monoisotopic (exact) mass is 526 g/mol. The van der Waals surface area contributed by atoms with Crippen LogP contribution >= 0.6 is 35.0 Å². The molecule has 0 spiro atoms. The SMILES string of the molecule is Cc1ccc(NC(=O)COc2ccccc2/C=C2\SC(=O)N(Cc3ccccc3Cl)C2=O)cc1Cl. The fourth-order valence-electron chi connectivity index (χ4n) is 3.32. The van der Waals surface area contributed by atoms with Crippen molar-refractivity contribution >= 4 is 63.8 Å². The zero-order chi connectivity index (χ0) is 24.9. The average Bonchev–Trinajstić information content (AvgIpc) is 3.09. The maximum Gasteiger partial charge on any atom is 0.293 e. The Labute approximate surface area is 216 Å². The van der Waals surface area contributed by atoms with Gasteiger partial charge in [-0.2, -0.15) is 0 Å². The highest BCUT2D eigenvalue weighted by Gasteiger charge is 2.35. The Balaban J connectivity index is 1.44. The molecule has 3 aromatic carbocycles. The zero-order valence-electron chi connectivity index (χ0n) is 18.6. The molecule has 0 atom stereocenters. The van der Waals surface area contributed by atoms with Crippen LogP contribution in [0.25, 0.3) is 6.08 Å². The van der Waals surface area contributed by atoms with Crippen molar-refractivity contribution in [2.75, 3.05) is 11.9 Å². The van der Waals surface area contributed by atoms with E-state index < -0.39 is 5.91 Å². The summed E-state index contributed by atoms with van der Waals surface area (Å²) in [7, 11) is 0. The summed E-state index contributed by atoms with van der Waals surface area (Å²) in [6.45, 7) is 1.72. The summed E-state index contributed by atoms with van der Waals surface area (Å²) >= 11 is 13.1. The molecule has 9 heteroatoms. The van der Waals surface area contributed by atoms with E-state index in [9.17, 15) is 14.4 Å². The molecule has 35 heavy (non-hydrogen) atoms. The molecular weight excluding hydrogens is 507 g/mol. The van der Waals surface area contributed by atoms with Crippen LogP contribution in [0.4, 0.5) is 10.5 Å². The van der Waals surface area contributed by atoms with E-state index in [0.717, 1.165) is 22.2 Å². The Kier molecular flexibility index (Phi) is 7.80. The molecular formula is C26H20Cl2N2O4S. The number of carbonyl (C=O) groups excluding carboxylic acids is 3. The highest BCUT2D eigenvalue weighted by atomic mass is 35.5. The minimum Gasteiger partial charge on any atom is -0.483 e. The van der Waals surface area contributed by atoms with Crippen LogP contribution in [0.5, 0.6) is 5.75 Å². The number of nitrogens with one attached hydrogen (secondary N) is 1. The van der Waals surface area contributed by atoms with Gasteiger partial charge in [0.2, 0.25) is 0 Å². The number of nitrogens with zero attached hydrogens (tertiary/aromatic N) is 1. The van der Waals surface area contributed by atoms with Crippen LogP contribution in [0.15, 0.2) is 71.6 Å². The Hall–Kier alpha value is -3.26. The predicted octanol–water partition coefficient (Wildman–Crippen LogP) is 6.56. The van der Waals surface area contributed by atoms with E-state index >= 15 is 0 Å². The highest BCUT2D eigenvalue weighted by molar-refractivity contribution is 8.18. The Morgan fingerprint density at radius 2 is 1.77 bits per heavy atom. The van der Waals surface area contributed by atoms with Crippen LogP contribution in [0.2, 0.25) is 10.0 Å². The van der Waals surface area contributed by atoms with Crippen LogP contribution in [0, 0.1) is 6.92 Å². The normalized spacial score (nSPS) is 14.5. The molecule has 0 aliphatic carbocycles. The number of anilines is 1. The van der Waals surface area contributed by atoms with Crippen molar-refractivity contribution in [1.29, 1.82) is 0 Å². The van der Waals surface area contributed by atoms with Crippen LogP contribution in [0.3, 0.4) is 0 Å². The second-order valence-electron chi connectivity index (χ2n) is 7.70. The minimum atomic E-state index is -0.413. The van der Waals surface area contributed by atoms with Crippen molar-refractivity contribution < 1.29 is 19.1 Å². The Bertz CT molecular complexity index is 1340. The predicted molar refractivity (Wildman–Crippen MR) is 140 cm³/mol. The second kappa shape index (κ2) is 11.0. The Morgan fingerprint density at radius 3 is 2.54 bits per heavy atom. The van der Waals surface area contributed by atoms with Gasteiger partial charge in [0, 0.05) is 21.3 Å². The van der Waals surface area contributed by atoms with Gasteiger partial charge in [0.25, 0.3) is 17.1 Å². The summed E-state index contributed by atoms with van der Waals surface area (Å²) in [5, 5.41) is 3.40. The number of carbonyl (C=O) groups is 3. The minimum absolute atomic E-state index is 0.0863. The van der Waals surface area contributed by atoms with Crippen molar-refractivity contribution in [3.05, 3.63) is 98.4 Å². The topological polar surface area (TPSA) is 75.7 Å². The first kappa shape index (κ1) is 24.9. The van der Waals surface area contributed by atoms with Crippen molar-refractivity contribution in [3.8, 4) is 5.75 Å². The van der Waals surface area contributed by atoms with E-state index in [0.29, 0.717) is 32.6 Å². The van der Waals surface area contributed by atoms with E-state index in [2.05, 4.69) is 5.32 Å². The maximum absolute atomic E-state index is 12.9. The molecule has 1 aliphatic rings. The molecule has 3 amide bonds. The fourth-order valence-corrected chi connectivity index (χ4v) is 4.52. The number of ether oxygens (including phenoxy) is 1. The van der Waals surface area contributed by atoms with Crippen molar-refractivity contribution in [3.63, 3.8) is 0 Å². The molecule has 3 aromatic rings. The van der Waals surface area contributed by atoms with Crippen LogP contribution in [0.1, 0.15) is 16.7 Å². The largest absolute Gasteiger partial charge is 0.483 e. The van der Waals surface area contributed by atoms with Gasteiger partial charge in [-0.05, 0) is 60.2 Å². The number of thioether (sulfide) groups is 1. The van der Waals surface area contributed by atoms with Gasteiger partial charge in [-0.1, -0.05) is 65.7 Å². The fraction of sp³-hybridized carbons (Fsp3) is 0.115. The molecule has 178 valence electrons. The number of halogens is 2. The lowest BCUT2D eigenvalue weighted by molar-refractivity contribution is -0.123. The summed E-state index contributed by atoms with van der Waals surface area (Å²) < 4.78 is 5.71. The van der Waals surface area contributed by atoms with E-state index in [-0.39, 0.29) is 29.2 Å². The number of hydrogen-bond acceptors (Lipinski definition) is 5. The van der Waals surface area contributed by atoms with Gasteiger partial charge in [0.15, 0.2) is 6.61 Å². The summed E-state index contributed by atoms with van der Waals surface area (Å²) in [6.07, 6.45) is 1.59. The zero-order valence-corrected chi connectivity index (χ0v) is 20.9. The van der Waals surface area contributed by atoms with Crippen LogP contribution in [-0.4, -0.2) is 28.6 Å². The average molecular weight is 527 g/mol. The third-order valence-corrected chi connectivity index (χ3v) is 6.86. The number of rotatable bonds is 7. The molecule has 0 aromatic heterocycles. The number of amides is 3. The first-order valence-corrected chi connectivity index (χ1v) is 12.2. The molecule has 1 aliphatic heterocycles. The van der Waals surface area contributed by atoms with Crippen molar-refractivity contribution in [2.45, 2.75) is 13.5 Å². The smallest absolute Gasteiger partial charge is 0.293 e. The third kappa shape index (κ3) is 6.06. The van der Waals surface area contributed by atoms with Gasteiger partial charge >= 0.3 is 0 Å². The maximum atomic E-state index is 12.9. The number of imide groups is 1. The standard InChI is InChI=1S/C26H20Cl2N2O4S/c1-16-10-11-19(13-21(16)28)29-24(31)15-34-22-9-5-3-6-17(22)12-23-25(32)30(26(33)35-23)14-18-7-2-4-8-20(18)27/h2-13H,14-15H2,1H3,(H,29,31)/b23-12-. The molecule has 1 heterocycles. The van der Waals surface area contributed by atoms with Crippen LogP contribution in [-0.2, 0) is 16.1 Å². The second-order valence-corrected chi connectivity index (χ2v) is 9.51. The molecule has 4 rings (SSSR count). The van der Waals surface area contributed by atoms with E-state index in [4.69, 9.17) is 27.9 Å². The summed E-state index contributed by atoms with van der Waals surface area (Å²) in [5.41, 5.74) is 2.73. The molecule has 0 saturated carbocycles. The lowest BCUT2D eigenvalue weighted by Crippen LogP contribution is -2.27. The molecule has 0 radical (unpaired) electrons. The van der Waals surface area contributed by atoms with Gasteiger partial charge in [0.1, 0.15) is 5.75 Å². The number of hydrogen-bond donors (Lipinski definition) is 1. The first-order chi connectivity index (χ1) is 16.8. The summed E-state index contributed by atoms with van der Waals surface area (Å²) in [5.74, 6) is -0.369. The molecule has 1 saturated heterocycles. The molecule has 1 N–H and O–H groups in total. The van der Waals surface area contributed by atoms with E-state index in [1.165, 1.54) is 0 Å². The Morgan fingerprint density at radius 1 is 1.03 bits per heavy atom. The quantitative estimate of drug-likeness (QED) is 0.353. The highest BCUT2D eigenvalue weighted by Crippen LogP contribution is 2.35. The van der Waals surface area contributed by atoms with Gasteiger partial charge < -0.3 is 10.1 Å². The van der Waals surface area contributed by atoms with Crippen molar-refractivity contribution in [1.82, 2.24) is 4.90 Å². The van der Waals surface area contributed by atoms with Crippen LogP contribution < -0.4 is 10.1 Å². The summed E-state index contributed by atoms with van der Waals surface area (Å²) in [4.78, 5) is 39.2. The molecule has 0 unspecified atom stereocenters. The van der Waals surface area contributed by atoms with E-state index in [1.54, 1.807) is 66.7 Å². The number of aryl methyl sites for hydroxylation is 1.